The third kappa shape index (κ3) is 6.09. The van der Waals surface area contributed by atoms with Crippen molar-refractivity contribution in [2.75, 3.05) is 24.1 Å². The Balaban J connectivity index is 1.49. The molecule has 1 aromatic carbocycles. The molecule has 1 atom stereocenters. The molecule has 0 aliphatic carbocycles. The average Bonchev–Trinajstić information content (AvgIpc) is 2.89. The van der Waals surface area contributed by atoms with Gasteiger partial charge in [0.05, 0.1) is 17.7 Å². The quantitative estimate of drug-likeness (QED) is 0.292. The van der Waals surface area contributed by atoms with E-state index in [4.69, 9.17) is 27.2 Å². The van der Waals surface area contributed by atoms with Crippen molar-refractivity contribution in [2.24, 2.45) is 16.5 Å². The molecule has 12 heteroatoms. The van der Waals surface area contributed by atoms with E-state index in [0.717, 1.165) is 12.8 Å². The maximum Gasteiger partial charge on any atom is 0.314 e. The Hall–Kier alpha value is -5.18. The zero-order valence-corrected chi connectivity index (χ0v) is 19.8. The minimum atomic E-state index is -0.493. The minimum absolute atomic E-state index is 0.139. The first-order valence-electron chi connectivity index (χ1n) is 11.4. The maximum absolute atomic E-state index is 12.6. The van der Waals surface area contributed by atoms with E-state index >= 15 is 0 Å². The summed E-state index contributed by atoms with van der Waals surface area (Å²) in [6.45, 7) is 0.952. The van der Waals surface area contributed by atoms with Gasteiger partial charge in [-0.15, -0.1) is 0 Å². The molecule has 12 nitrogen and oxygen atoms in total. The number of carbonyl (C=O) groups excluding carboxylic acids is 2. The van der Waals surface area contributed by atoms with Crippen LogP contribution < -0.4 is 27.3 Å². The SMILES string of the molecule is N#Cc1ccnc(NC(=O)c2ccc(Oc3ccnc(N)c3C(N)=NC3CCCN(C(N)=O)C3)cc2)c1. The molecule has 1 fully saturated rings. The summed E-state index contributed by atoms with van der Waals surface area (Å²) in [5, 5.41) is 11.6. The Morgan fingerprint density at radius 3 is 2.62 bits per heavy atom. The minimum Gasteiger partial charge on any atom is -0.456 e. The van der Waals surface area contributed by atoms with Crippen molar-refractivity contribution in [1.82, 2.24) is 14.9 Å². The number of likely N-dealkylation sites (tertiary alicyclic amines) is 1. The lowest BCUT2D eigenvalue weighted by Crippen LogP contribution is -2.44. The topological polar surface area (TPSA) is 199 Å². The number of nitrogens with one attached hydrogen (secondary N) is 1. The third-order valence-electron chi connectivity index (χ3n) is 5.70. The number of primary amides is 1. The zero-order valence-electron chi connectivity index (χ0n) is 19.8. The Labute approximate surface area is 212 Å². The molecule has 188 valence electrons. The summed E-state index contributed by atoms with van der Waals surface area (Å²) in [6, 6.07) is 12.3. The van der Waals surface area contributed by atoms with Gasteiger partial charge in [-0.3, -0.25) is 9.79 Å². The van der Waals surface area contributed by atoms with Crippen LogP contribution in [0.4, 0.5) is 16.4 Å². The second-order valence-corrected chi connectivity index (χ2v) is 8.29. The third-order valence-corrected chi connectivity index (χ3v) is 5.70. The van der Waals surface area contributed by atoms with Gasteiger partial charge in [0.2, 0.25) is 0 Å². The van der Waals surface area contributed by atoms with Crippen LogP contribution in [0, 0.1) is 11.3 Å². The highest BCUT2D eigenvalue weighted by Gasteiger charge is 2.23. The number of nitrogens with two attached hydrogens (primary N) is 3. The number of hydrogen-bond donors (Lipinski definition) is 4. The van der Waals surface area contributed by atoms with Gasteiger partial charge >= 0.3 is 6.03 Å². The van der Waals surface area contributed by atoms with Crippen LogP contribution in [0.5, 0.6) is 11.5 Å². The summed E-state index contributed by atoms with van der Waals surface area (Å²) in [5.74, 6) is 0.929. The number of ether oxygens (including phenoxy) is 1. The molecule has 1 saturated heterocycles. The summed E-state index contributed by atoms with van der Waals surface area (Å²) in [6.07, 6.45) is 4.44. The van der Waals surface area contributed by atoms with Crippen LogP contribution in [0.1, 0.15) is 34.3 Å². The summed E-state index contributed by atoms with van der Waals surface area (Å²) in [7, 11) is 0. The molecule has 0 bridgehead atoms. The number of anilines is 2. The number of pyridine rings is 2. The molecule has 1 aliphatic rings. The van der Waals surface area contributed by atoms with Gasteiger partial charge in [0.1, 0.15) is 34.5 Å². The van der Waals surface area contributed by atoms with Crippen molar-refractivity contribution in [2.45, 2.75) is 18.9 Å². The predicted octanol–water partition coefficient (Wildman–Crippen LogP) is 2.22. The van der Waals surface area contributed by atoms with Crippen LogP contribution >= 0.6 is 0 Å². The van der Waals surface area contributed by atoms with Crippen LogP contribution in [-0.4, -0.2) is 51.8 Å². The first kappa shape index (κ1) is 24.9. The zero-order chi connectivity index (χ0) is 26.4. The molecular weight excluding hydrogens is 474 g/mol. The largest absolute Gasteiger partial charge is 0.456 e. The molecule has 2 aromatic heterocycles. The van der Waals surface area contributed by atoms with E-state index < -0.39 is 11.9 Å². The Morgan fingerprint density at radius 2 is 1.89 bits per heavy atom. The summed E-state index contributed by atoms with van der Waals surface area (Å²) < 4.78 is 6.00. The van der Waals surface area contributed by atoms with Gasteiger partial charge in [0.25, 0.3) is 5.91 Å². The van der Waals surface area contributed by atoms with Crippen molar-refractivity contribution in [1.29, 1.82) is 5.26 Å². The van der Waals surface area contributed by atoms with E-state index in [9.17, 15) is 9.59 Å². The number of nitrogens with zero attached hydrogens (tertiary/aromatic N) is 5. The maximum atomic E-state index is 12.6. The van der Waals surface area contributed by atoms with Crippen molar-refractivity contribution in [3.63, 3.8) is 0 Å². The molecular formula is C25H25N9O3. The molecule has 7 N–H and O–H groups in total. The number of carbonyl (C=O) groups is 2. The van der Waals surface area contributed by atoms with E-state index in [2.05, 4.69) is 20.3 Å². The van der Waals surface area contributed by atoms with Crippen LogP contribution in [0.3, 0.4) is 0 Å². The molecule has 0 radical (unpaired) electrons. The molecule has 0 spiro atoms. The lowest BCUT2D eigenvalue weighted by Gasteiger charge is -2.29. The molecule has 37 heavy (non-hydrogen) atoms. The Bertz CT molecular complexity index is 1380. The number of nitriles is 1. The van der Waals surface area contributed by atoms with Crippen LogP contribution in [-0.2, 0) is 0 Å². The molecule has 1 aliphatic heterocycles. The summed E-state index contributed by atoms with van der Waals surface area (Å²) >= 11 is 0. The average molecular weight is 500 g/mol. The second-order valence-electron chi connectivity index (χ2n) is 8.29. The standard InChI is InChI=1S/C25H25N9O3/c26-13-15-7-9-30-20(12-15)33-24(35)16-3-5-18(6-4-16)37-19-8-10-31-22(27)21(19)23(28)32-17-2-1-11-34(14-17)25(29)36/h3-10,12,17H,1-2,11,14H2,(H2,27,31)(H2,28,32)(H2,29,36)(H,30,33,35). The number of rotatable bonds is 6. The van der Waals surface area contributed by atoms with Crippen LogP contribution in [0.25, 0.3) is 0 Å². The summed E-state index contributed by atoms with van der Waals surface area (Å²) in [5.41, 5.74) is 18.9. The lowest BCUT2D eigenvalue weighted by atomic mass is 10.1. The highest BCUT2D eigenvalue weighted by Crippen LogP contribution is 2.29. The first-order chi connectivity index (χ1) is 17.8. The number of urea groups is 1. The number of nitrogen functional groups attached to an aromatic ring is 1. The lowest BCUT2D eigenvalue weighted by molar-refractivity contribution is 0.102. The fraction of sp³-hybridized carbons (Fsp3) is 0.200. The molecule has 4 rings (SSSR count). The van der Waals surface area contributed by atoms with Crippen LogP contribution in [0.2, 0.25) is 0 Å². The van der Waals surface area contributed by atoms with Gasteiger partial charge in [-0.05, 0) is 49.2 Å². The monoisotopic (exact) mass is 499 g/mol. The van der Waals surface area contributed by atoms with Crippen molar-refractivity contribution >= 4 is 29.4 Å². The summed E-state index contributed by atoms with van der Waals surface area (Å²) in [4.78, 5) is 38.3. The molecule has 3 amide bonds. The van der Waals surface area contributed by atoms with Gasteiger partial charge < -0.3 is 32.2 Å². The number of amidine groups is 1. The molecule has 3 aromatic rings. The highest BCUT2D eigenvalue weighted by atomic mass is 16.5. The number of amides is 3. The van der Waals surface area contributed by atoms with Gasteiger partial charge in [-0.1, -0.05) is 0 Å². The normalized spacial score (nSPS) is 15.5. The number of aliphatic imine (C=N–C) groups is 1. The first-order valence-corrected chi connectivity index (χ1v) is 11.4. The smallest absolute Gasteiger partial charge is 0.314 e. The molecule has 0 saturated carbocycles. The molecule has 3 heterocycles. The second kappa shape index (κ2) is 11.0. The Kier molecular flexibility index (Phi) is 7.44. The fourth-order valence-electron chi connectivity index (χ4n) is 3.88. The van der Waals surface area contributed by atoms with Gasteiger partial charge in [-0.25, -0.2) is 14.8 Å². The number of benzene rings is 1. The fourth-order valence-corrected chi connectivity index (χ4v) is 3.88. The van der Waals surface area contributed by atoms with Gasteiger partial charge in [0.15, 0.2) is 0 Å². The van der Waals surface area contributed by atoms with E-state index in [0.29, 0.717) is 41.3 Å². The van der Waals surface area contributed by atoms with Gasteiger partial charge in [-0.2, -0.15) is 5.26 Å². The van der Waals surface area contributed by atoms with Gasteiger partial charge in [0, 0.05) is 37.1 Å². The van der Waals surface area contributed by atoms with E-state index in [1.807, 2.05) is 6.07 Å². The van der Waals surface area contributed by atoms with Crippen molar-refractivity contribution < 1.29 is 14.3 Å². The van der Waals surface area contributed by atoms with E-state index in [1.165, 1.54) is 23.4 Å². The van der Waals surface area contributed by atoms with E-state index in [1.54, 1.807) is 36.4 Å². The molecule has 1 unspecified atom stereocenters. The predicted molar refractivity (Wildman–Crippen MR) is 137 cm³/mol. The Morgan fingerprint density at radius 1 is 1.14 bits per heavy atom. The number of hydrogen-bond acceptors (Lipinski definition) is 8. The number of piperidine rings is 1. The highest BCUT2D eigenvalue weighted by molar-refractivity contribution is 6.04. The van der Waals surface area contributed by atoms with Crippen LogP contribution in [0.15, 0.2) is 59.9 Å². The number of aromatic nitrogens is 2. The van der Waals surface area contributed by atoms with Crippen molar-refractivity contribution in [3.8, 4) is 17.6 Å². The van der Waals surface area contributed by atoms with E-state index in [-0.39, 0.29) is 23.5 Å². The van der Waals surface area contributed by atoms with Crippen molar-refractivity contribution in [3.05, 3.63) is 71.5 Å².